The second kappa shape index (κ2) is 3.81. The van der Waals surface area contributed by atoms with Crippen LogP contribution in [0.1, 0.15) is 10.4 Å². The number of aromatic nitrogens is 2. The molecule has 0 aliphatic carbocycles. The van der Waals surface area contributed by atoms with Gasteiger partial charge in [-0.25, -0.2) is 0 Å². The third kappa shape index (κ3) is 1.54. The van der Waals surface area contributed by atoms with Crippen molar-refractivity contribution in [3.8, 4) is 5.75 Å². The molecule has 0 spiro atoms. The highest BCUT2D eigenvalue weighted by Crippen LogP contribution is 2.20. The smallest absolute Gasteiger partial charge is 0.294 e. The van der Waals surface area contributed by atoms with E-state index in [2.05, 4.69) is 0 Å². The second-order valence-electron chi connectivity index (χ2n) is 4.15. The van der Waals surface area contributed by atoms with Crippen molar-refractivity contribution in [2.24, 2.45) is 0 Å². The average molecular weight is 257 g/mol. The van der Waals surface area contributed by atoms with Crippen LogP contribution in [0.2, 0.25) is 0 Å². The fourth-order valence-electron chi connectivity index (χ4n) is 2.07. The van der Waals surface area contributed by atoms with Gasteiger partial charge in [-0.1, -0.05) is 0 Å². The number of benzene rings is 2. The lowest BCUT2D eigenvalue weighted by Crippen LogP contribution is -2.20. The minimum Gasteiger partial charge on any atom is -0.508 e. The third-order valence-electron chi connectivity index (χ3n) is 2.99. The zero-order chi connectivity index (χ0) is 13.6. The van der Waals surface area contributed by atoms with Crippen molar-refractivity contribution in [1.82, 2.24) is 4.73 Å². The van der Waals surface area contributed by atoms with Crippen LogP contribution in [-0.4, -0.2) is 21.3 Å². The summed E-state index contributed by atoms with van der Waals surface area (Å²) in [5.74, 6) is -0.0686. The lowest BCUT2D eigenvalue weighted by molar-refractivity contribution is -0.433. The molecule has 0 fully saturated rings. The molecular formula is C13H9N2O4+. The lowest BCUT2D eigenvalue weighted by Gasteiger charge is -2.03. The van der Waals surface area contributed by atoms with E-state index in [4.69, 9.17) is 0 Å². The Labute approximate surface area is 106 Å². The van der Waals surface area contributed by atoms with E-state index in [1.54, 1.807) is 0 Å². The first-order valence-electron chi connectivity index (χ1n) is 5.50. The van der Waals surface area contributed by atoms with Gasteiger partial charge in [-0.3, -0.25) is 4.79 Å². The van der Waals surface area contributed by atoms with Crippen LogP contribution < -0.4 is 4.43 Å². The van der Waals surface area contributed by atoms with E-state index in [1.807, 2.05) is 0 Å². The molecule has 0 saturated heterocycles. The Kier molecular flexibility index (Phi) is 2.25. The highest BCUT2D eigenvalue weighted by molar-refractivity contribution is 5.87. The van der Waals surface area contributed by atoms with Gasteiger partial charge in [-0.05, 0) is 24.3 Å². The van der Waals surface area contributed by atoms with Crippen LogP contribution >= 0.6 is 0 Å². The normalized spacial score (nSPS) is 10.9. The van der Waals surface area contributed by atoms with Gasteiger partial charge in [-0.15, -0.1) is 0 Å². The van der Waals surface area contributed by atoms with E-state index in [0.717, 1.165) is 4.73 Å². The standard InChI is InChI=1S/C13H8N2O4/c16-7-8-1-3-10-12(5-8)14(18)11-4-2-9(17)6-13(11)15(10)19/h1-7,18H/p+1. The summed E-state index contributed by atoms with van der Waals surface area (Å²) in [7, 11) is 0. The molecule has 0 radical (unpaired) electrons. The highest BCUT2D eigenvalue weighted by Gasteiger charge is 2.19. The Balaban J connectivity index is 2.60. The molecular weight excluding hydrogens is 248 g/mol. The van der Waals surface area contributed by atoms with Gasteiger partial charge in [0.25, 0.3) is 11.0 Å². The van der Waals surface area contributed by atoms with E-state index in [-0.39, 0.29) is 27.8 Å². The molecule has 0 aliphatic heterocycles. The summed E-state index contributed by atoms with van der Waals surface area (Å²) in [5, 5.41) is 19.5. The van der Waals surface area contributed by atoms with Crippen molar-refractivity contribution in [3.05, 3.63) is 46.9 Å². The maximum absolute atomic E-state index is 12.2. The van der Waals surface area contributed by atoms with Crippen LogP contribution in [0, 0.1) is 4.91 Å². The van der Waals surface area contributed by atoms with Gasteiger partial charge in [0.1, 0.15) is 12.0 Å². The molecule has 0 amide bonds. The molecule has 3 aromatic rings. The third-order valence-corrected chi connectivity index (χ3v) is 2.99. The van der Waals surface area contributed by atoms with Gasteiger partial charge in [0.2, 0.25) is 0 Å². The van der Waals surface area contributed by atoms with E-state index >= 15 is 0 Å². The van der Waals surface area contributed by atoms with Gasteiger partial charge in [0.15, 0.2) is 11.0 Å². The summed E-state index contributed by atoms with van der Waals surface area (Å²) >= 11 is 0. The zero-order valence-electron chi connectivity index (χ0n) is 9.65. The van der Waals surface area contributed by atoms with E-state index < -0.39 is 0 Å². The minimum absolute atomic E-state index is 0.0686. The molecule has 2 aromatic carbocycles. The number of aldehydes is 1. The molecule has 94 valence electrons. The minimum atomic E-state index is -0.0686. The van der Waals surface area contributed by atoms with Crippen LogP contribution in [0.5, 0.6) is 5.75 Å². The molecule has 19 heavy (non-hydrogen) atoms. The average Bonchev–Trinajstić information content (AvgIpc) is 2.44. The van der Waals surface area contributed by atoms with E-state index in [1.165, 1.54) is 36.4 Å². The first-order valence-corrected chi connectivity index (χ1v) is 5.50. The number of phenolic OH excluding ortho intramolecular Hbond substituents is 1. The monoisotopic (exact) mass is 257 g/mol. The van der Waals surface area contributed by atoms with E-state index in [0.29, 0.717) is 16.3 Å². The van der Waals surface area contributed by atoms with Crippen molar-refractivity contribution >= 4 is 28.4 Å². The number of hydrogen-bond acceptors (Lipinski definition) is 4. The van der Waals surface area contributed by atoms with Crippen LogP contribution in [-0.2, 0) is 0 Å². The number of nitrogens with zero attached hydrogens (tertiary/aromatic N) is 2. The largest absolute Gasteiger partial charge is 0.508 e. The van der Waals surface area contributed by atoms with Crippen molar-refractivity contribution in [3.63, 3.8) is 0 Å². The van der Waals surface area contributed by atoms with Crippen molar-refractivity contribution < 1.29 is 19.5 Å². The first kappa shape index (κ1) is 11.2. The van der Waals surface area contributed by atoms with Crippen molar-refractivity contribution in [1.29, 1.82) is 0 Å². The summed E-state index contributed by atoms with van der Waals surface area (Å²) < 4.78 is 1.43. The lowest BCUT2D eigenvalue weighted by atomic mass is 10.2. The summed E-state index contributed by atoms with van der Waals surface area (Å²) in [6.07, 6.45) is 0.635. The summed E-state index contributed by atoms with van der Waals surface area (Å²) in [5.41, 5.74) is 1.15. The molecule has 3 rings (SSSR count). The fraction of sp³-hybridized carbons (Fsp3) is 0. The Morgan fingerprint density at radius 2 is 1.84 bits per heavy atom. The molecule has 0 unspecified atom stereocenters. The quantitative estimate of drug-likeness (QED) is 0.299. The fourth-order valence-corrected chi connectivity index (χ4v) is 2.07. The topological polar surface area (TPSA) is 85.4 Å². The van der Waals surface area contributed by atoms with Gasteiger partial charge in [0, 0.05) is 16.5 Å². The molecule has 6 nitrogen and oxygen atoms in total. The maximum Gasteiger partial charge on any atom is 0.294 e. The molecule has 0 atom stereocenters. The Morgan fingerprint density at radius 1 is 1.05 bits per heavy atom. The highest BCUT2D eigenvalue weighted by atomic mass is 16.5. The van der Waals surface area contributed by atoms with Crippen LogP contribution in [0.25, 0.3) is 22.1 Å². The predicted molar refractivity (Wildman–Crippen MR) is 67.0 cm³/mol. The van der Waals surface area contributed by atoms with Gasteiger partial charge in [0.05, 0.1) is 10.5 Å². The molecule has 0 aliphatic rings. The van der Waals surface area contributed by atoms with Crippen LogP contribution in [0.3, 0.4) is 0 Å². The number of rotatable bonds is 1. The Bertz CT molecular complexity index is 883. The van der Waals surface area contributed by atoms with E-state index in [9.17, 15) is 20.0 Å². The molecule has 6 heteroatoms. The summed E-state index contributed by atoms with van der Waals surface area (Å²) in [6.45, 7) is 0. The Hall–Kier alpha value is -2.89. The van der Waals surface area contributed by atoms with Crippen LogP contribution in [0.15, 0.2) is 36.4 Å². The Morgan fingerprint density at radius 3 is 2.58 bits per heavy atom. The molecule has 1 aromatic heterocycles. The van der Waals surface area contributed by atoms with Gasteiger partial charge < -0.3 is 10.3 Å². The zero-order valence-corrected chi connectivity index (χ0v) is 9.65. The van der Waals surface area contributed by atoms with Gasteiger partial charge >= 0.3 is 0 Å². The summed E-state index contributed by atoms with van der Waals surface area (Å²) in [4.78, 5) is 22.9. The molecule has 0 saturated carbocycles. The predicted octanol–water partition coefficient (Wildman–Crippen LogP) is 1.46. The van der Waals surface area contributed by atoms with Crippen molar-refractivity contribution in [2.75, 3.05) is 0 Å². The number of fused-ring (bicyclic) bond motifs is 2. The molecule has 2 N–H and O–H groups in total. The molecule has 1 heterocycles. The van der Waals surface area contributed by atoms with Crippen molar-refractivity contribution in [2.45, 2.75) is 0 Å². The number of phenols is 1. The van der Waals surface area contributed by atoms with Crippen LogP contribution in [0.4, 0.5) is 0 Å². The first-order chi connectivity index (χ1) is 9.11. The molecule has 0 bridgehead atoms. The summed E-state index contributed by atoms with van der Waals surface area (Å²) in [6, 6.07) is 8.41. The number of hydrogen-bond donors (Lipinski definition) is 2. The number of carbonyl (C=O) groups excluding carboxylic acids is 1. The maximum atomic E-state index is 12.2. The SMILES string of the molecule is O=Cc1ccc2c(c1)n(O)c1ccc(O)cc1[n+]2=O. The second-order valence-corrected chi connectivity index (χ2v) is 4.15. The van der Waals surface area contributed by atoms with Gasteiger partial charge in [-0.2, -0.15) is 4.73 Å². The number of aromatic hydroxyl groups is 1. The number of carbonyl (C=O) groups is 1.